The molecule has 0 aliphatic carbocycles. The highest BCUT2D eigenvalue weighted by Crippen LogP contribution is 2.28. The van der Waals surface area contributed by atoms with Crippen molar-refractivity contribution in [3.05, 3.63) is 77.9 Å². The first-order valence-electron chi connectivity index (χ1n) is 11.7. The normalized spacial score (nSPS) is 13.9. The fourth-order valence-corrected chi connectivity index (χ4v) is 5.14. The van der Waals surface area contributed by atoms with Crippen molar-refractivity contribution >= 4 is 33.3 Å². The summed E-state index contributed by atoms with van der Waals surface area (Å²) in [6.45, 7) is 2.36. The summed E-state index contributed by atoms with van der Waals surface area (Å²) in [5.74, 6) is 0.857. The van der Waals surface area contributed by atoms with Crippen LogP contribution in [0.4, 0.5) is 14.6 Å². The molecule has 1 amide bonds. The van der Waals surface area contributed by atoms with Crippen LogP contribution in [-0.2, 0) is 11.3 Å². The van der Waals surface area contributed by atoms with E-state index in [4.69, 9.17) is 0 Å². The second-order valence-electron chi connectivity index (χ2n) is 8.63. The summed E-state index contributed by atoms with van der Waals surface area (Å²) >= 11 is 1.58. The van der Waals surface area contributed by atoms with Gasteiger partial charge in [-0.3, -0.25) is 4.79 Å². The molecule has 5 aromatic rings. The van der Waals surface area contributed by atoms with Crippen molar-refractivity contribution < 1.29 is 13.6 Å². The smallest absolute Gasteiger partial charge is 0.244 e. The van der Waals surface area contributed by atoms with E-state index in [1.54, 1.807) is 46.8 Å². The van der Waals surface area contributed by atoms with Crippen LogP contribution in [0.25, 0.3) is 33.0 Å². The maximum Gasteiger partial charge on any atom is 0.244 e. The van der Waals surface area contributed by atoms with E-state index in [2.05, 4.69) is 25.0 Å². The summed E-state index contributed by atoms with van der Waals surface area (Å²) in [6, 6.07) is 13.7. The van der Waals surface area contributed by atoms with Gasteiger partial charge in [0.15, 0.2) is 11.6 Å². The van der Waals surface area contributed by atoms with E-state index in [0.29, 0.717) is 49.0 Å². The molecule has 0 N–H and O–H groups in total. The van der Waals surface area contributed by atoms with Gasteiger partial charge < -0.3 is 9.80 Å². The van der Waals surface area contributed by atoms with E-state index in [1.807, 2.05) is 11.4 Å². The average Bonchev–Trinajstić information content (AvgIpc) is 3.57. The van der Waals surface area contributed by atoms with Gasteiger partial charge in [0.1, 0.15) is 35.2 Å². The molecule has 2 aromatic carbocycles. The lowest BCUT2D eigenvalue weighted by Gasteiger charge is -2.35. The summed E-state index contributed by atoms with van der Waals surface area (Å²) < 4.78 is 28.5. The predicted molar refractivity (Wildman–Crippen MR) is 137 cm³/mol. The van der Waals surface area contributed by atoms with Crippen molar-refractivity contribution in [1.29, 1.82) is 0 Å². The van der Waals surface area contributed by atoms with Crippen LogP contribution in [0.3, 0.4) is 0 Å². The number of thiophene rings is 1. The molecule has 8 nitrogen and oxygen atoms in total. The number of carbonyl (C=O) groups excluding carboxylic acids is 1. The number of hydrogen-bond acceptors (Lipinski definition) is 7. The number of hydrogen-bond donors (Lipinski definition) is 0. The monoisotopic (exact) mass is 517 g/mol. The van der Waals surface area contributed by atoms with E-state index in [1.165, 1.54) is 28.9 Å². The zero-order valence-electron chi connectivity index (χ0n) is 19.6. The zero-order valence-corrected chi connectivity index (χ0v) is 20.4. The number of piperazine rings is 1. The number of benzene rings is 2. The number of rotatable bonds is 5. The van der Waals surface area contributed by atoms with Gasteiger partial charge in [-0.2, -0.15) is 0 Å². The van der Waals surface area contributed by atoms with Crippen molar-refractivity contribution in [2.75, 3.05) is 31.1 Å². The third kappa shape index (κ3) is 4.65. The molecule has 0 bridgehead atoms. The molecule has 0 atom stereocenters. The molecule has 1 aliphatic rings. The van der Waals surface area contributed by atoms with Gasteiger partial charge in [0, 0.05) is 37.3 Å². The van der Waals surface area contributed by atoms with E-state index in [0.717, 1.165) is 16.0 Å². The highest BCUT2D eigenvalue weighted by Gasteiger charge is 2.25. The van der Waals surface area contributed by atoms with Crippen LogP contribution in [0.1, 0.15) is 0 Å². The highest BCUT2D eigenvalue weighted by atomic mass is 32.1. The van der Waals surface area contributed by atoms with Crippen molar-refractivity contribution in [3.63, 3.8) is 0 Å². The lowest BCUT2D eigenvalue weighted by atomic mass is 10.2. The molecule has 0 radical (unpaired) electrons. The number of fused-ring (bicyclic) bond motifs is 1. The standard InChI is InChI=1S/C26H21F2N7OS/c27-19-5-1-17(2-6-19)23-31-24(18-3-7-20(28)8-4-18)35(32-23)15-22(36)33-10-12-34(13-11-33)25-21-9-14-37-26(21)30-16-29-25/h1-9,14,16H,10-13,15H2. The Hall–Kier alpha value is -4.25. The molecule has 37 heavy (non-hydrogen) atoms. The second-order valence-corrected chi connectivity index (χ2v) is 9.53. The minimum atomic E-state index is -0.370. The molecule has 1 fully saturated rings. The molecule has 186 valence electrons. The largest absolute Gasteiger partial charge is 0.352 e. The molecule has 11 heteroatoms. The molecule has 1 aliphatic heterocycles. The third-order valence-corrected chi connectivity index (χ3v) is 7.15. The summed E-state index contributed by atoms with van der Waals surface area (Å²) in [4.78, 5) is 31.6. The summed E-state index contributed by atoms with van der Waals surface area (Å²) in [5, 5.41) is 7.57. The third-order valence-electron chi connectivity index (χ3n) is 6.33. The summed E-state index contributed by atoms with van der Waals surface area (Å²) in [6.07, 6.45) is 1.58. The molecule has 6 rings (SSSR count). The van der Waals surface area contributed by atoms with Crippen LogP contribution in [0, 0.1) is 11.6 Å². The van der Waals surface area contributed by atoms with Crippen LogP contribution < -0.4 is 4.90 Å². The van der Waals surface area contributed by atoms with Gasteiger partial charge in [-0.1, -0.05) is 0 Å². The number of carbonyl (C=O) groups is 1. The minimum Gasteiger partial charge on any atom is -0.352 e. The maximum absolute atomic E-state index is 13.5. The van der Waals surface area contributed by atoms with Gasteiger partial charge in [0.2, 0.25) is 5.91 Å². The van der Waals surface area contributed by atoms with Gasteiger partial charge in [0.25, 0.3) is 0 Å². The molecule has 4 heterocycles. The van der Waals surface area contributed by atoms with E-state index in [-0.39, 0.29) is 24.1 Å². The Balaban J connectivity index is 1.22. The summed E-state index contributed by atoms with van der Waals surface area (Å²) in [7, 11) is 0. The fraction of sp³-hybridized carbons (Fsp3) is 0.192. The Morgan fingerprint density at radius 2 is 1.54 bits per heavy atom. The SMILES string of the molecule is O=C(Cn1nc(-c2ccc(F)cc2)nc1-c1ccc(F)cc1)N1CCN(c2ncnc3sccc23)CC1. The van der Waals surface area contributed by atoms with Crippen LogP contribution in [0.5, 0.6) is 0 Å². The van der Waals surface area contributed by atoms with Crippen LogP contribution >= 0.6 is 11.3 Å². The Morgan fingerprint density at radius 3 is 2.24 bits per heavy atom. The van der Waals surface area contributed by atoms with Gasteiger partial charge in [-0.15, -0.1) is 16.4 Å². The average molecular weight is 518 g/mol. The molecule has 0 saturated carbocycles. The Kier molecular flexibility index (Phi) is 6.05. The van der Waals surface area contributed by atoms with Gasteiger partial charge in [-0.05, 0) is 60.0 Å². The van der Waals surface area contributed by atoms with E-state index >= 15 is 0 Å². The predicted octanol–water partition coefficient (Wildman–Crippen LogP) is 4.24. The number of amides is 1. The Labute approximate surface area is 214 Å². The number of aromatic nitrogens is 5. The van der Waals surface area contributed by atoms with Crippen molar-refractivity contribution in [1.82, 2.24) is 29.6 Å². The first-order valence-corrected chi connectivity index (χ1v) is 12.6. The number of anilines is 1. The topological polar surface area (TPSA) is 80.0 Å². The first kappa shape index (κ1) is 23.2. The Bertz CT molecular complexity index is 1560. The summed E-state index contributed by atoms with van der Waals surface area (Å²) in [5.41, 5.74) is 1.25. The molecule has 1 saturated heterocycles. The minimum absolute atomic E-state index is 0.0246. The van der Waals surface area contributed by atoms with Gasteiger partial charge in [0.05, 0.1) is 5.39 Å². The fourth-order valence-electron chi connectivity index (χ4n) is 4.41. The molecule has 3 aromatic heterocycles. The second kappa shape index (κ2) is 9.66. The highest BCUT2D eigenvalue weighted by molar-refractivity contribution is 7.16. The lowest BCUT2D eigenvalue weighted by molar-refractivity contribution is -0.132. The zero-order chi connectivity index (χ0) is 25.4. The van der Waals surface area contributed by atoms with E-state index in [9.17, 15) is 13.6 Å². The molecule has 0 unspecified atom stereocenters. The Morgan fingerprint density at radius 1 is 0.865 bits per heavy atom. The maximum atomic E-state index is 13.5. The molecular formula is C26H21F2N7OS. The van der Waals surface area contributed by atoms with Crippen LogP contribution in [0.15, 0.2) is 66.3 Å². The van der Waals surface area contributed by atoms with Crippen LogP contribution in [0.2, 0.25) is 0 Å². The van der Waals surface area contributed by atoms with Crippen LogP contribution in [-0.4, -0.2) is 61.7 Å². The molecule has 0 spiro atoms. The lowest BCUT2D eigenvalue weighted by Crippen LogP contribution is -2.50. The first-order chi connectivity index (χ1) is 18.0. The van der Waals surface area contributed by atoms with Crippen molar-refractivity contribution in [3.8, 4) is 22.8 Å². The number of nitrogens with zero attached hydrogens (tertiary/aromatic N) is 7. The van der Waals surface area contributed by atoms with Crippen molar-refractivity contribution in [2.45, 2.75) is 6.54 Å². The van der Waals surface area contributed by atoms with E-state index < -0.39 is 0 Å². The van der Waals surface area contributed by atoms with Gasteiger partial charge >= 0.3 is 0 Å². The molecular weight excluding hydrogens is 496 g/mol. The van der Waals surface area contributed by atoms with Gasteiger partial charge in [-0.25, -0.2) is 28.4 Å². The quantitative estimate of drug-likeness (QED) is 0.347. The van der Waals surface area contributed by atoms with Crippen molar-refractivity contribution in [2.24, 2.45) is 0 Å². The number of halogens is 2.